The summed E-state index contributed by atoms with van der Waals surface area (Å²) in [6, 6.07) is 21.8. The smallest absolute Gasteiger partial charge is 0.270 e. The van der Waals surface area contributed by atoms with Crippen LogP contribution < -0.4 is 4.90 Å². The molecule has 6 rings (SSSR count). The van der Waals surface area contributed by atoms with Gasteiger partial charge in [0.15, 0.2) is 0 Å². The maximum atomic E-state index is 14.0. The standard InChI is InChI=1S/C34H34N4O2/c1-24-19-27(14-16-30(24)26-10-4-3-5-11-26)33(39)38-23-29-15-17-32(37(29)22-28-12-6-7-13-31(28)38)34(40)36(2)21-25-9-8-18-35-20-25/h6-10,12-20H,3-5,11,21-23H2,1-2H3. The van der Waals surface area contributed by atoms with Crippen LogP contribution in [0.25, 0.3) is 5.57 Å². The third-order valence-electron chi connectivity index (χ3n) is 8.07. The highest BCUT2D eigenvalue weighted by Crippen LogP contribution is 2.33. The van der Waals surface area contributed by atoms with Gasteiger partial charge in [0.05, 0.1) is 13.1 Å². The summed E-state index contributed by atoms with van der Waals surface area (Å²) in [6.45, 7) is 3.49. The highest BCUT2D eigenvalue weighted by atomic mass is 16.2. The first-order valence-corrected chi connectivity index (χ1v) is 14.0. The van der Waals surface area contributed by atoms with Gasteiger partial charge in [-0.15, -0.1) is 0 Å². The molecule has 2 amide bonds. The summed E-state index contributed by atoms with van der Waals surface area (Å²) < 4.78 is 2.05. The van der Waals surface area contributed by atoms with E-state index in [1.807, 2.05) is 72.6 Å². The number of allylic oxidation sites excluding steroid dienone is 2. The van der Waals surface area contributed by atoms with Crippen LogP contribution in [0.4, 0.5) is 5.69 Å². The van der Waals surface area contributed by atoms with Crippen LogP contribution in [0, 0.1) is 6.92 Å². The largest absolute Gasteiger partial charge is 0.336 e. The molecule has 6 nitrogen and oxygen atoms in total. The molecule has 0 bridgehead atoms. The van der Waals surface area contributed by atoms with E-state index in [9.17, 15) is 9.59 Å². The first-order valence-electron chi connectivity index (χ1n) is 14.0. The minimum Gasteiger partial charge on any atom is -0.336 e. The Bertz CT molecular complexity index is 1600. The average molecular weight is 531 g/mol. The number of para-hydroxylation sites is 1. The molecule has 0 unspecified atom stereocenters. The lowest BCUT2D eigenvalue weighted by molar-refractivity contribution is 0.0774. The molecule has 3 heterocycles. The van der Waals surface area contributed by atoms with Crippen molar-refractivity contribution in [3.05, 3.63) is 124 Å². The molecule has 0 N–H and O–H groups in total. The van der Waals surface area contributed by atoms with Crippen LogP contribution in [0.5, 0.6) is 0 Å². The van der Waals surface area contributed by atoms with E-state index >= 15 is 0 Å². The maximum Gasteiger partial charge on any atom is 0.270 e. The van der Waals surface area contributed by atoms with E-state index < -0.39 is 0 Å². The molecule has 0 saturated heterocycles. The number of carbonyl (C=O) groups excluding carboxylic acids is 2. The van der Waals surface area contributed by atoms with Gasteiger partial charge < -0.3 is 14.4 Å². The zero-order valence-corrected chi connectivity index (χ0v) is 23.1. The molecule has 2 aromatic carbocycles. The number of anilines is 1. The Balaban J connectivity index is 1.30. The Labute approximate surface area is 235 Å². The molecule has 4 aromatic rings. The number of carbonyl (C=O) groups is 2. The number of amides is 2. The zero-order chi connectivity index (χ0) is 27.6. The molecular weight excluding hydrogens is 496 g/mol. The van der Waals surface area contributed by atoms with Crippen LogP contribution >= 0.6 is 0 Å². The van der Waals surface area contributed by atoms with Crippen molar-refractivity contribution in [2.45, 2.75) is 52.2 Å². The molecule has 1 aliphatic heterocycles. The van der Waals surface area contributed by atoms with Crippen molar-refractivity contribution in [2.75, 3.05) is 11.9 Å². The molecule has 0 radical (unpaired) electrons. The summed E-state index contributed by atoms with van der Waals surface area (Å²) in [5, 5.41) is 0. The van der Waals surface area contributed by atoms with Gasteiger partial charge in [0.1, 0.15) is 5.69 Å². The number of pyridine rings is 1. The normalized spacial score (nSPS) is 14.6. The van der Waals surface area contributed by atoms with Crippen molar-refractivity contribution in [2.24, 2.45) is 0 Å². The van der Waals surface area contributed by atoms with Crippen LogP contribution in [-0.4, -0.2) is 33.3 Å². The lowest BCUT2D eigenvalue weighted by atomic mass is 9.90. The first-order chi connectivity index (χ1) is 19.5. The molecule has 0 saturated carbocycles. The predicted octanol–water partition coefficient (Wildman–Crippen LogP) is 6.63. The van der Waals surface area contributed by atoms with E-state index in [4.69, 9.17) is 0 Å². The molecule has 202 valence electrons. The molecule has 2 aliphatic rings. The van der Waals surface area contributed by atoms with Crippen molar-refractivity contribution >= 4 is 23.1 Å². The van der Waals surface area contributed by atoms with Crippen molar-refractivity contribution in [1.29, 1.82) is 0 Å². The van der Waals surface area contributed by atoms with Gasteiger partial charge in [-0.05, 0) is 96.8 Å². The maximum absolute atomic E-state index is 14.0. The number of fused-ring (bicyclic) bond motifs is 2. The van der Waals surface area contributed by atoms with Gasteiger partial charge >= 0.3 is 0 Å². The van der Waals surface area contributed by atoms with Gasteiger partial charge in [0.2, 0.25) is 0 Å². The predicted molar refractivity (Wildman–Crippen MR) is 158 cm³/mol. The van der Waals surface area contributed by atoms with E-state index in [-0.39, 0.29) is 11.8 Å². The fourth-order valence-corrected chi connectivity index (χ4v) is 5.96. The molecule has 1 aliphatic carbocycles. The number of rotatable bonds is 5. The Morgan fingerprint density at radius 3 is 2.62 bits per heavy atom. The summed E-state index contributed by atoms with van der Waals surface area (Å²) >= 11 is 0. The summed E-state index contributed by atoms with van der Waals surface area (Å²) in [5.74, 6) is -0.0912. The zero-order valence-electron chi connectivity index (χ0n) is 23.1. The number of benzene rings is 2. The van der Waals surface area contributed by atoms with Crippen LogP contribution in [0.15, 0.2) is 85.2 Å². The second-order valence-electron chi connectivity index (χ2n) is 10.8. The monoisotopic (exact) mass is 530 g/mol. The van der Waals surface area contributed by atoms with Crippen LogP contribution in [-0.2, 0) is 19.6 Å². The summed E-state index contributed by atoms with van der Waals surface area (Å²) in [5.41, 5.74) is 8.88. The average Bonchev–Trinajstić information content (AvgIpc) is 3.30. The Morgan fingerprint density at radius 1 is 0.975 bits per heavy atom. The van der Waals surface area contributed by atoms with Crippen molar-refractivity contribution in [3.63, 3.8) is 0 Å². The minimum atomic E-state index is -0.0596. The molecule has 2 aromatic heterocycles. The van der Waals surface area contributed by atoms with E-state index in [1.165, 1.54) is 24.0 Å². The summed E-state index contributed by atoms with van der Waals surface area (Å²) in [6.07, 6.45) is 10.6. The number of hydrogen-bond acceptors (Lipinski definition) is 3. The van der Waals surface area contributed by atoms with E-state index in [1.54, 1.807) is 17.3 Å². The topological polar surface area (TPSA) is 58.4 Å². The van der Waals surface area contributed by atoms with E-state index in [0.717, 1.165) is 40.9 Å². The number of hydrogen-bond donors (Lipinski definition) is 0. The van der Waals surface area contributed by atoms with E-state index in [0.29, 0.717) is 30.9 Å². The van der Waals surface area contributed by atoms with Gasteiger partial charge in [-0.3, -0.25) is 14.6 Å². The highest BCUT2D eigenvalue weighted by molar-refractivity contribution is 6.07. The van der Waals surface area contributed by atoms with Crippen molar-refractivity contribution in [3.8, 4) is 0 Å². The molecule has 0 spiro atoms. The van der Waals surface area contributed by atoms with E-state index in [2.05, 4.69) is 28.6 Å². The van der Waals surface area contributed by atoms with Gasteiger partial charge in [-0.25, -0.2) is 0 Å². The van der Waals surface area contributed by atoms with Gasteiger partial charge in [-0.2, -0.15) is 0 Å². The van der Waals surface area contributed by atoms with Gasteiger partial charge in [-0.1, -0.05) is 36.4 Å². The minimum absolute atomic E-state index is 0.0315. The Hall–Kier alpha value is -4.45. The second-order valence-corrected chi connectivity index (χ2v) is 10.8. The number of aryl methyl sites for hydroxylation is 1. The second kappa shape index (κ2) is 11.0. The van der Waals surface area contributed by atoms with Crippen LogP contribution in [0.1, 0.15) is 74.5 Å². The third kappa shape index (κ3) is 4.97. The summed E-state index contributed by atoms with van der Waals surface area (Å²) in [4.78, 5) is 35.3. The van der Waals surface area contributed by atoms with Gasteiger partial charge in [0.25, 0.3) is 11.8 Å². The van der Waals surface area contributed by atoms with Crippen molar-refractivity contribution < 1.29 is 9.59 Å². The first kappa shape index (κ1) is 25.8. The quantitative estimate of drug-likeness (QED) is 0.291. The lowest BCUT2D eigenvalue weighted by Gasteiger charge is -2.23. The van der Waals surface area contributed by atoms with Gasteiger partial charge in [0, 0.05) is 42.9 Å². The third-order valence-corrected chi connectivity index (χ3v) is 8.07. The SMILES string of the molecule is Cc1cc(C(=O)N2Cc3ccc(C(=O)N(C)Cc4cccnc4)n3Cc3ccccc32)ccc1C1=CCCCC1. The van der Waals surface area contributed by atoms with Crippen LogP contribution in [0.3, 0.4) is 0 Å². The van der Waals surface area contributed by atoms with Crippen LogP contribution in [0.2, 0.25) is 0 Å². The molecule has 6 heteroatoms. The molecular formula is C34H34N4O2. The molecule has 40 heavy (non-hydrogen) atoms. The number of nitrogens with zero attached hydrogens (tertiary/aromatic N) is 4. The van der Waals surface area contributed by atoms with Crippen molar-refractivity contribution in [1.82, 2.24) is 14.5 Å². The lowest BCUT2D eigenvalue weighted by Crippen LogP contribution is -2.31. The Morgan fingerprint density at radius 2 is 1.85 bits per heavy atom. The molecule has 0 atom stereocenters. The fraction of sp³-hybridized carbons (Fsp3) is 0.265. The Kier molecular flexibility index (Phi) is 7.08. The molecule has 0 fully saturated rings. The number of aromatic nitrogens is 2. The fourth-order valence-electron chi connectivity index (χ4n) is 5.96. The summed E-state index contributed by atoms with van der Waals surface area (Å²) in [7, 11) is 1.81. The highest BCUT2D eigenvalue weighted by Gasteiger charge is 2.28.